The van der Waals surface area contributed by atoms with Crippen LogP contribution in [0.1, 0.15) is 10.5 Å². The normalized spacial score (nSPS) is 10.7. The van der Waals surface area contributed by atoms with E-state index in [1.54, 1.807) is 19.4 Å². The lowest BCUT2D eigenvalue weighted by Gasteiger charge is -2.03. The molecule has 2 heterocycles. The minimum absolute atomic E-state index is 0.0237. The average molecular weight is 269 g/mol. The van der Waals surface area contributed by atoms with Crippen molar-refractivity contribution in [2.45, 2.75) is 0 Å². The topological polar surface area (TPSA) is 76.7 Å². The Morgan fingerprint density at radius 1 is 1.25 bits per heavy atom. The van der Waals surface area contributed by atoms with E-state index in [0.29, 0.717) is 5.65 Å². The van der Waals surface area contributed by atoms with Gasteiger partial charge in [0.15, 0.2) is 11.3 Å². The minimum atomic E-state index is -1.07. The molecule has 0 radical (unpaired) electrons. The molecule has 2 aromatic heterocycles. The fourth-order valence-electron chi connectivity index (χ4n) is 1.91. The van der Waals surface area contributed by atoms with E-state index in [0.717, 1.165) is 17.0 Å². The summed E-state index contributed by atoms with van der Waals surface area (Å²) in [6.07, 6.45) is 1.69. The van der Waals surface area contributed by atoms with Crippen molar-refractivity contribution >= 4 is 11.6 Å². The highest BCUT2D eigenvalue weighted by molar-refractivity contribution is 5.86. The van der Waals surface area contributed by atoms with E-state index in [1.165, 1.54) is 10.6 Å². The summed E-state index contributed by atoms with van der Waals surface area (Å²) in [6, 6.07) is 10.7. The first-order valence-corrected chi connectivity index (χ1v) is 5.91. The van der Waals surface area contributed by atoms with Gasteiger partial charge in [0.1, 0.15) is 5.75 Å². The maximum atomic E-state index is 10.9. The van der Waals surface area contributed by atoms with Gasteiger partial charge in [-0.05, 0) is 30.3 Å². The SMILES string of the molecule is COc1ccc(-c2ccn3nc(C(=O)O)cc3n2)cc1. The van der Waals surface area contributed by atoms with Crippen LogP contribution in [-0.4, -0.2) is 32.8 Å². The van der Waals surface area contributed by atoms with Gasteiger partial charge in [-0.15, -0.1) is 0 Å². The predicted molar refractivity (Wildman–Crippen MR) is 71.9 cm³/mol. The van der Waals surface area contributed by atoms with Crippen LogP contribution in [0.3, 0.4) is 0 Å². The number of aromatic nitrogens is 3. The number of fused-ring (bicyclic) bond motifs is 1. The molecule has 0 bridgehead atoms. The van der Waals surface area contributed by atoms with Gasteiger partial charge < -0.3 is 9.84 Å². The number of hydrogen-bond donors (Lipinski definition) is 1. The summed E-state index contributed by atoms with van der Waals surface area (Å²) < 4.78 is 6.55. The molecule has 0 aliphatic heterocycles. The van der Waals surface area contributed by atoms with Crippen LogP contribution < -0.4 is 4.74 Å². The van der Waals surface area contributed by atoms with Gasteiger partial charge >= 0.3 is 5.97 Å². The number of methoxy groups -OCH3 is 1. The standard InChI is InChI=1S/C14H11N3O3/c1-20-10-4-2-9(3-5-10)11-6-7-17-13(15-11)8-12(16-17)14(18)19/h2-8H,1H3,(H,18,19). The Bertz CT molecular complexity index is 778. The molecule has 6 heteroatoms. The number of aromatic carboxylic acids is 1. The summed E-state index contributed by atoms with van der Waals surface area (Å²) in [5, 5.41) is 12.8. The second kappa shape index (κ2) is 4.65. The third-order valence-electron chi connectivity index (χ3n) is 2.93. The summed E-state index contributed by atoms with van der Waals surface area (Å²) in [5.41, 5.74) is 2.14. The highest BCUT2D eigenvalue weighted by Gasteiger charge is 2.10. The summed E-state index contributed by atoms with van der Waals surface area (Å²) in [7, 11) is 1.61. The molecule has 3 rings (SSSR count). The van der Waals surface area contributed by atoms with Crippen LogP contribution in [0, 0.1) is 0 Å². The minimum Gasteiger partial charge on any atom is -0.497 e. The van der Waals surface area contributed by atoms with Gasteiger partial charge in [-0.1, -0.05) is 0 Å². The molecule has 0 saturated heterocycles. The molecule has 0 atom stereocenters. The molecule has 6 nitrogen and oxygen atoms in total. The molecule has 1 N–H and O–H groups in total. The molecule has 20 heavy (non-hydrogen) atoms. The largest absolute Gasteiger partial charge is 0.497 e. The van der Waals surface area contributed by atoms with E-state index in [4.69, 9.17) is 9.84 Å². The molecule has 0 spiro atoms. The van der Waals surface area contributed by atoms with Crippen LogP contribution in [0.2, 0.25) is 0 Å². The van der Waals surface area contributed by atoms with E-state index in [9.17, 15) is 4.79 Å². The first-order valence-electron chi connectivity index (χ1n) is 5.91. The molecule has 3 aromatic rings. The van der Waals surface area contributed by atoms with Gasteiger partial charge in [0.25, 0.3) is 0 Å². The molecular weight excluding hydrogens is 258 g/mol. The van der Waals surface area contributed by atoms with Gasteiger partial charge in [-0.3, -0.25) is 0 Å². The number of carboxylic acid groups (broad SMARTS) is 1. The lowest BCUT2D eigenvalue weighted by Crippen LogP contribution is -1.97. The lowest BCUT2D eigenvalue weighted by molar-refractivity contribution is 0.0690. The van der Waals surface area contributed by atoms with Crippen LogP contribution in [-0.2, 0) is 0 Å². The third kappa shape index (κ3) is 2.07. The van der Waals surface area contributed by atoms with Crippen molar-refractivity contribution in [1.29, 1.82) is 0 Å². The van der Waals surface area contributed by atoms with Gasteiger partial charge in [0, 0.05) is 17.8 Å². The van der Waals surface area contributed by atoms with Crippen LogP contribution in [0.15, 0.2) is 42.6 Å². The Morgan fingerprint density at radius 2 is 2.00 bits per heavy atom. The number of rotatable bonds is 3. The molecule has 0 saturated carbocycles. The lowest BCUT2D eigenvalue weighted by atomic mass is 10.1. The smallest absolute Gasteiger partial charge is 0.356 e. The molecule has 100 valence electrons. The number of nitrogens with zero attached hydrogens (tertiary/aromatic N) is 3. The molecule has 0 unspecified atom stereocenters. The highest BCUT2D eigenvalue weighted by Crippen LogP contribution is 2.21. The predicted octanol–water partition coefficient (Wildman–Crippen LogP) is 2.10. The van der Waals surface area contributed by atoms with Gasteiger partial charge in [0.2, 0.25) is 0 Å². The molecule has 1 aromatic carbocycles. The molecular formula is C14H11N3O3. The van der Waals surface area contributed by atoms with Crippen LogP contribution in [0.25, 0.3) is 16.9 Å². The zero-order valence-corrected chi connectivity index (χ0v) is 10.6. The first-order chi connectivity index (χ1) is 9.67. The van der Waals surface area contributed by atoms with Crippen molar-refractivity contribution in [3.05, 3.63) is 48.3 Å². The van der Waals surface area contributed by atoms with Gasteiger partial charge in [-0.25, -0.2) is 14.3 Å². The Hall–Kier alpha value is -2.89. The van der Waals surface area contributed by atoms with E-state index >= 15 is 0 Å². The number of carbonyl (C=O) groups is 1. The fraction of sp³-hybridized carbons (Fsp3) is 0.0714. The Labute approximate surface area is 114 Å². The highest BCUT2D eigenvalue weighted by atomic mass is 16.5. The van der Waals surface area contributed by atoms with Crippen molar-refractivity contribution in [1.82, 2.24) is 14.6 Å². The van der Waals surface area contributed by atoms with Gasteiger partial charge in [0.05, 0.1) is 12.8 Å². The zero-order valence-electron chi connectivity index (χ0n) is 10.6. The quantitative estimate of drug-likeness (QED) is 0.788. The average Bonchev–Trinajstić information content (AvgIpc) is 2.90. The van der Waals surface area contributed by atoms with Crippen molar-refractivity contribution in [2.24, 2.45) is 0 Å². The van der Waals surface area contributed by atoms with Crippen LogP contribution in [0.4, 0.5) is 0 Å². The second-order valence-electron chi connectivity index (χ2n) is 4.18. The van der Waals surface area contributed by atoms with E-state index in [-0.39, 0.29) is 5.69 Å². The van der Waals surface area contributed by atoms with Crippen molar-refractivity contribution < 1.29 is 14.6 Å². The number of benzene rings is 1. The molecule has 0 amide bonds. The molecule has 0 fully saturated rings. The monoisotopic (exact) mass is 269 g/mol. The number of ether oxygens (including phenoxy) is 1. The number of carboxylic acids is 1. The summed E-state index contributed by atoms with van der Waals surface area (Å²) >= 11 is 0. The van der Waals surface area contributed by atoms with Gasteiger partial charge in [-0.2, -0.15) is 5.10 Å². The van der Waals surface area contributed by atoms with E-state index in [1.807, 2.05) is 24.3 Å². The Balaban J connectivity index is 2.04. The Morgan fingerprint density at radius 3 is 2.65 bits per heavy atom. The first kappa shape index (κ1) is 12.2. The third-order valence-corrected chi connectivity index (χ3v) is 2.93. The maximum absolute atomic E-state index is 10.9. The summed E-state index contributed by atoms with van der Waals surface area (Å²) in [4.78, 5) is 15.3. The van der Waals surface area contributed by atoms with Crippen molar-refractivity contribution in [3.8, 4) is 17.0 Å². The second-order valence-corrected chi connectivity index (χ2v) is 4.18. The van der Waals surface area contributed by atoms with E-state index < -0.39 is 5.97 Å². The van der Waals surface area contributed by atoms with E-state index in [2.05, 4.69) is 10.1 Å². The van der Waals surface area contributed by atoms with Crippen LogP contribution in [0.5, 0.6) is 5.75 Å². The molecule has 0 aliphatic carbocycles. The van der Waals surface area contributed by atoms with Crippen LogP contribution >= 0.6 is 0 Å². The molecule has 0 aliphatic rings. The maximum Gasteiger partial charge on any atom is 0.356 e. The summed E-state index contributed by atoms with van der Waals surface area (Å²) in [6.45, 7) is 0. The van der Waals surface area contributed by atoms with Crippen molar-refractivity contribution in [3.63, 3.8) is 0 Å². The summed E-state index contributed by atoms with van der Waals surface area (Å²) in [5.74, 6) is -0.297. The number of hydrogen-bond acceptors (Lipinski definition) is 4. The van der Waals surface area contributed by atoms with Crippen molar-refractivity contribution in [2.75, 3.05) is 7.11 Å². The fourth-order valence-corrected chi connectivity index (χ4v) is 1.91. The Kier molecular flexibility index (Phi) is 2.83. The zero-order chi connectivity index (χ0) is 14.1.